The molecule has 1 heterocycles. The van der Waals surface area contributed by atoms with Crippen LogP contribution in [0.5, 0.6) is 0 Å². The maximum absolute atomic E-state index is 13.2. The minimum Gasteiger partial charge on any atom is -0.373 e. The van der Waals surface area contributed by atoms with Crippen molar-refractivity contribution in [1.82, 2.24) is 4.31 Å². The summed E-state index contributed by atoms with van der Waals surface area (Å²) in [4.78, 5) is 39.2. The summed E-state index contributed by atoms with van der Waals surface area (Å²) in [6.45, 7) is 4.16. The first-order chi connectivity index (χ1) is 17.2. The van der Waals surface area contributed by atoms with Crippen LogP contribution in [-0.2, 0) is 14.8 Å². The number of benzene rings is 3. The van der Waals surface area contributed by atoms with Crippen LogP contribution in [0, 0.1) is 0 Å². The van der Waals surface area contributed by atoms with Gasteiger partial charge in [-0.05, 0) is 44.2 Å². The van der Waals surface area contributed by atoms with Crippen LogP contribution in [0.3, 0.4) is 0 Å². The molecule has 1 amide bonds. The molecule has 1 fully saturated rings. The fraction of sp³-hybridized carbons (Fsp3) is 0.222. The number of carbonyl (C=O) groups excluding carboxylic acids is 3. The monoisotopic (exact) mass is 504 g/mol. The molecule has 36 heavy (non-hydrogen) atoms. The largest absolute Gasteiger partial charge is 0.373 e. The van der Waals surface area contributed by atoms with Gasteiger partial charge in [0.25, 0.3) is 5.91 Å². The van der Waals surface area contributed by atoms with E-state index in [1.807, 2.05) is 13.8 Å². The average molecular weight is 505 g/mol. The number of fused-ring (bicyclic) bond motifs is 2. The molecule has 184 valence electrons. The molecule has 1 saturated heterocycles. The molecule has 5 rings (SSSR count). The summed E-state index contributed by atoms with van der Waals surface area (Å²) in [5.41, 5.74) is 1.43. The smallest absolute Gasteiger partial charge is 0.255 e. The normalized spacial score (nSPS) is 19.9. The molecule has 0 aromatic heterocycles. The van der Waals surface area contributed by atoms with Gasteiger partial charge in [0.2, 0.25) is 10.0 Å². The van der Waals surface area contributed by atoms with Gasteiger partial charge in [0.1, 0.15) is 0 Å². The highest BCUT2D eigenvalue weighted by Gasteiger charge is 2.33. The molecule has 0 saturated carbocycles. The number of carbonyl (C=O) groups is 3. The van der Waals surface area contributed by atoms with Gasteiger partial charge in [0.05, 0.1) is 28.4 Å². The molecule has 3 aromatic carbocycles. The number of amides is 1. The second-order valence-corrected chi connectivity index (χ2v) is 10.9. The summed E-state index contributed by atoms with van der Waals surface area (Å²) in [6, 6.07) is 16.9. The topological polar surface area (TPSA) is 110 Å². The van der Waals surface area contributed by atoms with E-state index < -0.39 is 15.9 Å². The van der Waals surface area contributed by atoms with Gasteiger partial charge in [-0.3, -0.25) is 14.4 Å². The zero-order valence-electron chi connectivity index (χ0n) is 19.7. The summed E-state index contributed by atoms with van der Waals surface area (Å²) >= 11 is 0. The lowest BCUT2D eigenvalue weighted by Gasteiger charge is -2.34. The second-order valence-electron chi connectivity index (χ2n) is 8.99. The number of hydrogen-bond acceptors (Lipinski definition) is 6. The zero-order valence-corrected chi connectivity index (χ0v) is 20.5. The van der Waals surface area contributed by atoms with Crippen LogP contribution in [0.2, 0.25) is 0 Å². The summed E-state index contributed by atoms with van der Waals surface area (Å²) in [5.74, 6) is -1.15. The molecule has 0 unspecified atom stereocenters. The Labute approximate surface area is 208 Å². The fourth-order valence-corrected chi connectivity index (χ4v) is 6.29. The van der Waals surface area contributed by atoms with E-state index in [1.54, 1.807) is 42.5 Å². The van der Waals surface area contributed by atoms with Crippen LogP contribution in [-0.4, -0.2) is 55.5 Å². The van der Waals surface area contributed by atoms with Crippen molar-refractivity contribution in [3.8, 4) is 0 Å². The molecule has 2 aliphatic rings. The number of morpholine rings is 1. The quantitative estimate of drug-likeness (QED) is 0.456. The number of rotatable bonds is 4. The van der Waals surface area contributed by atoms with Crippen molar-refractivity contribution in [3.63, 3.8) is 0 Å². The molecule has 8 nitrogen and oxygen atoms in total. The summed E-state index contributed by atoms with van der Waals surface area (Å²) in [6.07, 6.45) is -0.432. The van der Waals surface area contributed by atoms with Gasteiger partial charge in [-0.2, -0.15) is 4.31 Å². The van der Waals surface area contributed by atoms with Crippen LogP contribution in [0.4, 0.5) is 5.69 Å². The van der Waals surface area contributed by atoms with Gasteiger partial charge >= 0.3 is 0 Å². The van der Waals surface area contributed by atoms with E-state index >= 15 is 0 Å². The van der Waals surface area contributed by atoms with Gasteiger partial charge in [0, 0.05) is 35.3 Å². The first-order valence-electron chi connectivity index (χ1n) is 11.6. The number of nitrogens with one attached hydrogen (secondary N) is 1. The third-order valence-corrected chi connectivity index (χ3v) is 8.19. The lowest BCUT2D eigenvalue weighted by atomic mass is 9.83. The van der Waals surface area contributed by atoms with Crippen LogP contribution < -0.4 is 5.32 Å². The second kappa shape index (κ2) is 9.09. The predicted molar refractivity (Wildman–Crippen MR) is 133 cm³/mol. The minimum atomic E-state index is -3.74. The maximum Gasteiger partial charge on any atom is 0.255 e. The highest BCUT2D eigenvalue weighted by atomic mass is 32.2. The first kappa shape index (κ1) is 24.1. The molecule has 1 aliphatic carbocycles. The van der Waals surface area contributed by atoms with Crippen LogP contribution in [0.15, 0.2) is 71.6 Å². The van der Waals surface area contributed by atoms with E-state index in [9.17, 15) is 22.8 Å². The van der Waals surface area contributed by atoms with Gasteiger partial charge in [-0.1, -0.05) is 36.4 Å². The predicted octanol–water partition coefficient (Wildman–Crippen LogP) is 3.51. The van der Waals surface area contributed by atoms with Crippen molar-refractivity contribution in [2.45, 2.75) is 31.0 Å². The molecule has 9 heteroatoms. The summed E-state index contributed by atoms with van der Waals surface area (Å²) in [5, 5.41) is 2.71. The SMILES string of the molecule is C[C@@H]1CN(S(=O)(=O)c2ccc(C(=O)Nc3cccc4c3C(=O)c3ccccc3C4=O)cc2)C[C@H](C)O1. The van der Waals surface area contributed by atoms with Crippen molar-refractivity contribution in [2.75, 3.05) is 18.4 Å². The van der Waals surface area contributed by atoms with E-state index in [-0.39, 0.29) is 69.7 Å². The number of nitrogens with zero attached hydrogens (tertiary/aromatic N) is 1. The Morgan fingerprint density at radius 3 is 2.06 bits per heavy atom. The van der Waals surface area contributed by atoms with Crippen LogP contribution in [0.1, 0.15) is 56.0 Å². The van der Waals surface area contributed by atoms with E-state index in [4.69, 9.17) is 4.74 Å². The van der Waals surface area contributed by atoms with E-state index in [0.29, 0.717) is 5.56 Å². The third-order valence-electron chi connectivity index (χ3n) is 6.34. The highest BCUT2D eigenvalue weighted by molar-refractivity contribution is 7.89. The number of hydrogen-bond donors (Lipinski definition) is 1. The highest BCUT2D eigenvalue weighted by Crippen LogP contribution is 2.32. The van der Waals surface area contributed by atoms with Gasteiger partial charge in [-0.25, -0.2) is 8.42 Å². The Kier molecular flexibility index (Phi) is 6.07. The third kappa shape index (κ3) is 4.15. The first-order valence-corrected chi connectivity index (χ1v) is 13.0. The molecular formula is C27H24N2O6S. The Hall–Kier alpha value is -3.66. The molecular weight excluding hydrogens is 480 g/mol. The van der Waals surface area contributed by atoms with Crippen molar-refractivity contribution >= 4 is 33.2 Å². The van der Waals surface area contributed by atoms with E-state index in [1.165, 1.54) is 28.6 Å². The van der Waals surface area contributed by atoms with Crippen LogP contribution >= 0.6 is 0 Å². The molecule has 0 radical (unpaired) electrons. The Bertz CT molecular complexity index is 1490. The zero-order chi connectivity index (χ0) is 25.6. The van der Waals surface area contributed by atoms with Crippen molar-refractivity contribution in [2.24, 2.45) is 0 Å². The fourth-order valence-electron chi connectivity index (χ4n) is 4.70. The Morgan fingerprint density at radius 1 is 0.833 bits per heavy atom. The molecule has 0 bridgehead atoms. The van der Waals surface area contributed by atoms with Gasteiger partial charge in [-0.15, -0.1) is 0 Å². The number of ether oxygens (including phenoxy) is 1. The number of ketones is 2. The van der Waals surface area contributed by atoms with Crippen molar-refractivity contribution < 1.29 is 27.5 Å². The average Bonchev–Trinajstić information content (AvgIpc) is 2.86. The van der Waals surface area contributed by atoms with Crippen molar-refractivity contribution in [1.29, 1.82) is 0 Å². The molecule has 1 N–H and O–H groups in total. The lowest BCUT2D eigenvalue weighted by molar-refractivity contribution is -0.0440. The van der Waals surface area contributed by atoms with E-state index in [2.05, 4.69) is 5.32 Å². The molecule has 3 aromatic rings. The molecule has 1 aliphatic heterocycles. The van der Waals surface area contributed by atoms with Gasteiger partial charge in [0.15, 0.2) is 11.6 Å². The number of sulfonamides is 1. The molecule has 0 spiro atoms. The molecule has 2 atom stereocenters. The van der Waals surface area contributed by atoms with Gasteiger partial charge < -0.3 is 10.1 Å². The van der Waals surface area contributed by atoms with E-state index in [0.717, 1.165) is 0 Å². The summed E-state index contributed by atoms with van der Waals surface area (Å²) in [7, 11) is -3.74. The van der Waals surface area contributed by atoms with Crippen LogP contribution in [0.25, 0.3) is 0 Å². The lowest BCUT2D eigenvalue weighted by Crippen LogP contribution is -2.48. The Balaban J connectivity index is 1.39. The summed E-state index contributed by atoms with van der Waals surface area (Å²) < 4.78 is 33.2. The number of anilines is 1. The Morgan fingerprint density at radius 2 is 1.42 bits per heavy atom. The minimum absolute atomic E-state index is 0.0785. The maximum atomic E-state index is 13.2. The standard InChI is InChI=1S/C27H24N2O6S/c1-16-14-29(15-17(2)35-16)36(33,34)19-12-10-18(11-13-19)27(32)28-23-9-5-8-22-24(23)26(31)21-7-4-3-6-20(21)25(22)30/h3-13,16-17H,14-15H2,1-2H3,(H,28,32)/t16-,17+. The van der Waals surface area contributed by atoms with Crippen molar-refractivity contribution in [3.05, 3.63) is 94.5 Å².